The van der Waals surface area contributed by atoms with Gasteiger partial charge in [-0.1, -0.05) is 24.3 Å². The lowest BCUT2D eigenvalue weighted by Crippen LogP contribution is -2.57. The number of nitrogens with zero attached hydrogens (tertiary/aromatic N) is 3. The maximum absolute atomic E-state index is 14.3. The predicted octanol–water partition coefficient (Wildman–Crippen LogP) is 8.01. The van der Waals surface area contributed by atoms with Crippen molar-refractivity contribution in [1.29, 1.82) is 0 Å². The van der Waals surface area contributed by atoms with Crippen LogP contribution in [0.5, 0.6) is 0 Å². The fourth-order valence-corrected chi connectivity index (χ4v) is 7.75. The molecule has 1 atom stereocenters. The minimum absolute atomic E-state index is 0.00494. The Labute approximate surface area is 263 Å². The van der Waals surface area contributed by atoms with E-state index < -0.39 is 17.7 Å². The fraction of sp³-hybridized carbons (Fsp3) is 0.387. The van der Waals surface area contributed by atoms with Gasteiger partial charge in [0.1, 0.15) is 6.04 Å². The van der Waals surface area contributed by atoms with Crippen LogP contribution < -0.4 is 0 Å². The Morgan fingerprint density at radius 2 is 1.12 bits per heavy atom. The zero-order chi connectivity index (χ0) is 30.1. The largest absolute Gasteiger partial charge is 0.465 e. The highest BCUT2D eigenvalue weighted by Gasteiger charge is 2.39. The molecule has 4 rings (SSSR count). The third kappa shape index (κ3) is 9.00. The number of carbonyl (C=O) groups is 3. The van der Waals surface area contributed by atoms with Gasteiger partial charge in [-0.25, -0.2) is 4.79 Å². The molecule has 0 radical (unpaired) electrons. The highest BCUT2D eigenvalue weighted by atomic mass is 32.1. The molecular weight excluding hydrogens is 607 g/mol. The average Bonchev–Trinajstić information content (AvgIpc) is 3.75. The molecule has 42 heavy (non-hydrogen) atoms. The van der Waals surface area contributed by atoms with Crippen molar-refractivity contribution in [3.63, 3.8) is 0 Å². The zero-order valence-corrected chi connectivity index (χ0v) is 27.4. The van der Waals surface area contributed by atoms with E-state index in [9.17, 15) is 19.5 Å². The van der Waals surface area contributed by atoms with Crippen LogP contribution in [0.3, 0.4) is 0 Å². The molecule has 0 saturated carbocycles. The molecule has 3 amide bonds. The van der Waals surface area contributed by atoms with E-state index in [-0.39, 0.29) is 24.7 Å². The number of carboxylic acid groups (broad SMARTS) is 1. The number of carbonyl (C=O) groups excluding carboxylic acids is 2. The lowest BCUT2D eigenvalue weighted by molar-refractivity contribution is -0.140. The van der Waals surface area contributed by atoms with Crippen LogP contribution >= 0.6 is 45.3 Å². The third-order valence-electron chi connectivity index (χ3n) is 6.77. The number of hydrogen-bond donors (Lipinski definition) is 1. The number of thiophene rings is 4. The average molecular weight is 644 g/mol. The van der Waals surface area contributed by atoms with Crippen molar-refractivity contribution in [3.05, 3.63) is 89.6 Å². The second kappa shape index (κ2) is 15.0. The lowest BCUT2D eigenvalue weighted by atomic mass is 9.98. The van der Waals surface area contributed by atoms with Crippen LogP contribution in [0.2, 0.25) is 0 Å². The van der Waals surface area contributed by atoms with Gasteiger partial charge in [0.05, 0.1) is 26.2 Å². The first-order valence-electron chi connectivity index (χ1n) is 13.8. The van der Waals surface area contributed by atoms with Crippen molar-refractivity contribution in [2.24, 2.45) is 0 Å². The Hall–Kier alpha value is -2.99. The molecule has 0 spiro atoms. The van der Waals surface area contributed by atoms with Crippen LogP contribution in [-0.2, 0) is 35.8 Å². The molecule has 224 valence electrons. The minimum atomic E-state index is -1.14. The molecule has 0 aliphatic heterocycles. The molecule has 4 aromatic rings. The van der Waals surface area contributed by atoms with E-state index in [0.29, 0.717) is 32.6 Å². The van der Waals surface area contributed by atoms with Crippen molar-refractivity contribution < 1.29 is 19.5 Å². The van der Waals surface area contributed by atoms with E-state index in [0.717, 1.165) is 19.5 Å². The van der Waals surface area contributed by atoms with E-state index in [1.54, 1.807) is 71.0 Å². The molecule has 0 saturated heterocycles. The standard InChI is InChI=1S/C31H37N3O4S4/c1-31(2,3)34(30(37)38)27(29(36)33(21-25-11-7-17-41-25)22-26-12-8-18-42-26)13-4-14-28(35)32(19-23-9-5-15-39-23)20-24-10-6-16-40-24/h5-12,15-18,27H,4,13-14,19-22H2,1-3H3,(H,37,38)/t27-/m0/s1. The van der Waals surface area contributed by atoms with Crippen molar-refractivity contribution in [3.8, 4) is 0 Å². The van der Waals surface area contributed by atoms with Crippen LogP contribution in [0, 0.1) is 0 Å². The maximum atomic E-state index is 14.3. The molecule has 1 N–H and O–H groups in total. The summed E-state index contributed by atoms with van der Waals surface area (Å²) in [6.45, 7) is 7.26. The van der Waals surface area contributed by atoms with E-state index in [1.807, 2.05) is 75.0 Å². The summed E-state index contributed by atoms with van der Waals surface area (Å²) in [5, 5.41) is 18.3. The number of amides is 3. The summed E-state index contributed by atoms with van der Waals surface area (Å²) < 4.78 is 0. The Morgan fingerprint density at radius 3 is 1.45 bits per heavy atom. The van der Waals surface area contributed by atoms with Crippen molar-refractivity contribution in [1.82, 2.24) is 14.7 Å². The van der Waals surface area contributed by atoms with E-state index >= 15 is 0 Å². The first kappa shape index (κ1) is 31.9. The molecule has 0 unspecified atom stereocenters. The fourth-order valence-electron chi connectivity index (χ4n) is 4.87. The monoisotopic (exact) mass is 643 g/mol. The molecule has 4 heterocycles. The van der Waals surface area contributed by atoms with Crippen molar-refractivity contribution >= 4 is 63.3 Å². The van der Waals surface area contributed by atoms with E-state index in [2.05, 4.69) is 0 Å². The van der Waals surface area contributed by atoms with Crippen molar-refractivity contribution in [2.45, 2.75) is 77.8 Å². The van der Waals surface area contributed by atoms with Gasteiger partial charge in [-0.15, -0.1) is 45.3 Å². The van der Waals surface area contributed by atoms with Crippen LogP contribution in [0.25, 0.3) is 0 Å². The van der Waals surface area contributed by atoms with Gasteiger partial charge in [0.15, 0.2) is 0 Å². The molecule has 0 aromatic carbocycles. The molecule has 7 nitrogen and oxygen atoms in total. The van der Waals surface area contributed by atoms with Crippen LogP contribution in [0.1, 0.15) is 59.5 Å². The summed E-state index contributed by atoms with van der Waals surface area (Å²) >= 11 is 6.38. The molecule has 0 fully saturated rings. The summed E-state index contributed by atoms with van der Waals surface area (Å²) in [4.78, 5) is 49.5. The van der Waals surface area contributed by atoms with Gasteiger partial charge < -0.3 is 14.9 Å². The molecule has 0 bridgehead atoms. The highest BCUT2D eigenvalue weighted by molar-refractivity contribution is 7.10. The normalized spacial score (nSPS) is 12.2. The van der Waals surface area contributed by atoms with Crippen molar-refractivity contribution in [2.75, 3.05) is 0 Å². The summed E-state index contributed by atoms with van der Waals surface area (Å²) in [6, 6.07) is 15.0. The predicted molar refractivity (Wildman–Crippen MR) is 173 cm³/mol. The van der Waals surface area contributed by atoms with Crippen LogP contribution in [-0.4, -0.2) is 49.3 Å². The van der Waals surface area contributed by atoms with E-state index in [4.69, 9.17) is 0 Å². The summed E-state index contributed by atoms with van der Waals surface area (Å²) in [5.74, 6) is -0.245. The molecule has 4 aromatic heterocycles. The Morgan fingerprint density at radius 1 is 0.714 bits per heavy atom. The smallest absolute Gasteiger partial charge is 0.408 e. The summed E-state index contributed by atoms with van der Waals surface area (Å²) in [6.07, 6.45) is -0.262. The Kier molecular flexibility index (Phi) is 11.4. The van der Waals surface area contributed by atoms with Gasteiger partial charge in [-0.3, -0.25) is 14.5 Å². The lowest BCUT2D eigenvalue weighted by Gasteiger charge is -2.40. The van der Waals surface area contributed by atoms with Gasteiger partial charge in [0.25, 0.3) is 0 Å². The molecule has 0 aliphatic rings. The first-order chi connectivity index (χ1) is 20.1. The summed E-state index contributed by atoms with van der Waals surface area (Å²) in [5.41, 5.74) is -0.807. The molecular formula is C31H37N3O4S4. The van der Waals surface area contributed by atoms with Crippen LogP contribution in [0.15, 0.2) is 70.1 Å². The maximum Gasteiger partial charge on any atom is 0.408 e. The highest BCUT2D eigenvalue weighted by Crippen LogP contribution is 2.26. The quantitative estimate of drug-likeness (QED) is 0.151. The number of rotatable bonds is 14. The van der Waals surface area contributed by atoms with Gasteiger partial charge >= 0.3 is 6.09 Å². The second-order valence-corrected chi connectivity index (χ2v) is 15.1. The van der Waals surface area contributed by atoms with Gasteiger partial charge in [-0.05, 0) is 79.4 Å². The topological polar surface area (TPSA) is 81.2 Å². The molecule has 0 aliphatic carbocycles. The van der Waals surface area contributed by atoms with Gasteiger partial charge in [-0.2, -0.15) is 0 Å². The van der Waals surface area contributed by atoms with Crippen LogP contribution in [0.4, 0.5) is 4.79 Å². The minimum Gasteiger partial charge on any atom is -0.465 e. The number of hydrogen-bond acceptors (Lipinski definition) is 7. The second-order valence-electron chi connectivity index (χ2n) is 11.0. The molecule has 11 heteroatoms. The SMILES string of the molecule is CC(C)(C)N(C(=O)O)[C@@H](CCCC(=O)N(Cc1cccs1)Cc1cccs1)C(=O)N(Cc1cccs1)Cc1cccs1. The first-order valence-corrected chi connectivity index (χ1v) is 17.3. The Balaban J connectivity index is 1.53. The van der Waals surface area contributed by atoms with Gasteiger partial charge in [0, 0.05) is 31.5 Å². The third-order valence-corrected chi connectivity index (χ3v) is 10.2. The zero-order valence-electron chi connectivity index (χ0n) is 24.1. The van der Waals surface area contributed by atoms with Gasteiger partial charge in [0.2, 0.25) is 11.8 Å². The Bertz CT molecular complexity index is 1310. The van der Waals surface area contributed by atoms with E-state index in [1.165, 1.54) is 4.90 Å². The summed E-state index contributed by atoms with van der Waals surface area (Å²) in [7, 11) is 0.